The zero-order chi connectivity index (χ0) is 14.0. The minimum absolute atomic E-state index is 0.189. The molecule has 0 aliphatic carbocycles. The Morgan fingerprint density at radius 1 is 1.16 bits per heavy atom. The lowest BCUT2D eigenvalue weighted by atomic mass is 10.2. The second-order valence-electron chi connectivity index (χ2n) is 4.11. The van der Waals surface area contributed by atoms with E-state index in [0.29, 0.717) is 15.8 Å². The molecule has 4 nitrogen and oxygen atoms in total. The zero-order valence-corrected chi connectivity index (χ0v) is 12.6. The van der Waals surface area contributed by atoms with Gasteiger partial charge in [-0.1, -0.05) is 18.2 Å². The highest BCUT2D eigenvalue weighted by Gasteiger charge is 2.17. The molecule has 0 aromatic heterocycles. The van der Waals surface area contributed by atoms with Crippen molar-refractivity contribution >= 4 is 37.3 Å². The standard InChI is InChI=1S/C13H13BrN2O2S/c1-9-6-7-10(8-12(9)15)16-19(17,18)13-5-3-2-4-11(13)14/h2-8,16H,15H2,1H3. The highest BCUT2D eigenvalue weighted by Crippen LogP contribution is 2.25. The second-order valence-corrected chi connectivity index (χ2v) is 6.61. The number of nitrogen functional groups attached to an aromatic ring is 1. The SMILES string of the molecule is Cc1ccc(NS(=O)(=O)c2ccccc2Br)cc1N. The molecule has 0 aliphatic rings. The average Bonchev–Trinajstić information content (AvgIpc) is 2.34. The van der Waals surface area contributed by atoms with Gasteiger partial charge in [-0.05, 0) is 52.7 Å². The van der Waals surface area contributed by atoms with Crippen LogP contribution in [0.25, 0.3) is 0 Å². The van der Waals surface area contributed by atoms with E-state index in [9.17, 15) is 8.42 Å². The molecule has 0 spiro atoms. The number of benzene rings is 2. The molecule has 0 unspecified atom stereocenters. The van der Waals surface area contributed by atoms with E-state index in [-0.39, 0.29) is 4.90 Å². The van der Waals surface area contributed by atoms with Crippen LogP contribution in [0.1, 0.15) is 5.56 Å². The molecule has 6 heteroatoms. The van der Waals surface area contributed by atoms with Crippen LogP contribution in [0.2, 0.25) is 0 Å². The molecule has 2 aromatic rings. The van der Waals surface area contributed by atoms with Crippen LogP contribution in [0.3, 0.4) is 0 Å². The van der Waals surface area contributed by atoms with Gasteiger partial charge in [0.05, 0.1) is 5.69 Å². The quantitative estimate of drug-likeness (QED) is 0.843. The highest BCUT2D eigenvalue weighted by molar-refractivity contribution is 9.10. The van der Waals surface area contributed by atoms with Gasteiger partial charge in [-0.25, -0.2) is 8.42 Å². The van der Waals surface area contributed by atoms with Crippen LogP contribution in [0.15, 0.2) is 51.8 Å². The summed E-state index contributed by atoms with van der Waals surface area (Å²) in [5, 5.41) is 0. The molecule has 0 heterocycles. The average molecular weight is 341 g/mol. The normalized spacial score (nSPS) is 11.3. The van der Waals surface area contributed by atoms with E-state index in [4.69, 9.17) is 5.73 Å². The predicted molar refractivity (Wildman–Crippen MR) is 80.5 cm³/mol. The third-order valence-electron chi connectivity index (χ3n) is 2.66. The summed E-state index contributed by atoms with van der Waals surface area (Å²) in [4.78, 5) is 0.189. The topological polar surface area (TPSA) is 72.2 Å². The molecule has 2 rings (SSSR count). The van der Waals surface area contributed by atoms with Crippen molar-refractivity contribution in [3.8, 4) is 0 Å². The number of anilines is 2. The van der Waals surface area contributed by atoms with Crippen molar-refractivity contribution in [2.45, 2.75) is 11.8 Å². The van der Waals surface area contributed by atoms with E-state index < -0.39 is 10.0 Å². The number of nitrogens with two attached hydrogens (primary N) is 1. The van der Waals surface area contributed by atoms with Gasteiger partial charge in [0, 0.05) is 10.2 Å². The lowest BCUT2D eigenvalue weighted by Crippen LogP contribution is -2.13. The number of sulfonamides is 1. The minimum Gasteiger partial charge on any atom is -0.398 e. The highest BCUT2D eigenvalue weighted by atomic mass is 79.9. The van der Waals surface area contributed by atoms with Crippen molar-refractivity contribution in [3.05, 3.63) is 52.5 Å². The molecule has 19 heavy (non-hydrogen) atoms. The first kappa shape index (κ1) is 13.9. The van der Waals surface area contributed by atoms with Crippen LogP contribution in [-0.4, -0.2) is 8.42 Å². The van der Waals surface area contributed by atoms with Crippen LogP contribution >= 0.6 is 15.9 Å². The van der Waals surface area contributed by atoms with E-state index in [1.54, 1.807) is 36.4 Å². The Bertz CT molecular complexity index is 714. The first-order valence-corrected chi connectivity index (χ1v) is 7.81. The lowest BCUT2D eigenvalue weighted by molar-refractivity contribution is 0.601. The fourth-order valence-corrected chi connectivity index (χ4v) is 3.63. The van der Waals surface area contributed by atoms with Crippen molar-refractivity contribution < 1.29 is 8.42 Å². The monoisotopic (exact) mass is 340 g/mol. The van der Waals surface area contributed by atoms with Gasteiger partial charge in [-0.3, -0.25) is 4.72 Å². The smallest absolute Gasteiger partial charge is 0.263 e. The van der Waals surface area contributed by atoms with Gasteiger partial charge in [-0.2, -0.15) is 0 Å². The molecular formula is C13H13BrN2O2S. The first-order valence-electron chi connectivity index (χ1n) is 5.53. The van der Waals surface area contributed by atoms with E-state index in [1.807, 2.05) is 6.92 Å². The zero-order valence-electron chi connectivity index (χ0n) is 10.2. The minimum atomic E-state index is -3.63. The first-order chi connectivity index (χ1) is 8.90. The van der Waals surface area contributed by atoms with E-state index in [1.165, 1.54) is 6.07 Å². The molecule has 0 saturated heterocycles. The molecule has 0 atom stereocenters. The number of hydrogen-bond acceptors (Lipinski definition) is 3. The Hall–Kier alpha value is -1.53. The number of nitrogens with one attached hydrogen (secondary N) is 1. The maximum absolute atomic E-state index is 12.2. The molecule has 0 bridgehead atoms. The van der Waals surface area contributed by atoms with Gasteiger partial charge in [0.15, 0.2) is 0 Å². The molecule has 2 aromatic carbocycles. The van der Waals surface area contributed by atoms with Crippen molar-refractivity contribution in [1.82, 2.24) is 0 Å². The second kappa shape index (κ2) is 5.22. The van der Waals surface area contributed by atoms with Gasteiger partial charge in [0.25, 0.3) is 10.0 Å². The number of rotatable bonds is 3. The summed E-state index contributed by atoms with van der Waals surface area (Å²) in [6.07, 6.45) is 0. The fraction of sp³-hybridized carbons (Fsp3) is 0.0769. The third-order valence-corrected chi connectivity index (χ3v) is 5.05. The number of hydrogen-bond donors (Lipinski definition) is 2. The van der Waals surface area contributed by atoms with Crippen molar-refractivity contribution in [1.29, 1.82) is 0 Å². The summed E-state index contributed by atoms with van der Waals surface area (Å²) in [5.41, 5.74) is 7.66. The molecular weight excluding hydrogens is 328 g/mol. The summed E-state index contributed by atoms with van der Waals surface area (Å²) in [6.45, 7) is 1.86. The van der Waals surface area contributed by atoms with Crippen LogP contribution in [0, 0.1) is 6.92 Å². The number of aryl methyl sites for hydroxylation is 1. The van der Waals surface area contributed by atoms with Gasteiger partial charge >= 0.3 is 0 Å². The van der Waals surface area contributed by atoms with E-state index in [2.05, 4.69) is 20.7 Å². The van der Waals surface area contributed by atoms with Crippen molar-refractivity contribution in [2.24, 2.45) is 0 Å². The lowest BCUT2D eigenvalue weighted by Gasteiger charge is -2.10. The summed E-state index contributed by atoms with van der Waals surface area (Å²) in [5.74, 6) is 0. The van der Waals surface area contributed by atoms with E-state index >= 15 is 0 Å². The van der Waals surface area contributed by atoms with Gasteiger partial charge in [0.2, 0.25) is 0 Å². The van der Waals surface area contributed by atoms with Crippen LogP contribution in [-0.2, 0) is 10.0 Å². The Balaban J connectivity index is 2.37. The Kier molecular flexibility index (Phi) is 3.82. The van der Waals surface area contributed by atoms with Crippen molar-refractivity contribution in [3.63, 3.8) is 0 Å². The summed E-state index contributed by atoms with van der Waals surface area (Å²) in [6, 6.07) is 11.7. The largest absolute Gasteiger partial charge is 0.398 e. The Morgan fingerprint density at radius 2 is 1.84 bits per heavy atom. The molecule has 3 N–H and O–H groups in total. The summed E-state index contributed by atoms with van der Waals surface area (Å²) in [7, 11) is -3.63. The Morgan fingerprint density at radius 3 is 2.47 bits per heavy atom. The van der Waals surface area contributed by atoms with Gasteiger partial charge in [-0.15, -0.1) is 0 Å². The maximum Gasteiger partial charge on any atom is 0.263 e. The van der Waals surface area contributed by atoms with Crippen LogP contribution < -0.4 is 10.5 Å². The van der Waals surface area contributed by atoms with Crippen molar-refractivity contribution in [2.75, 3.05) is 10.5 Å². The molecule has 0 saturated carbocycles. The molecule has 0 aliphatic heterocycles. The van der Waals surface area contributed by atoms with Crippen LogP contribution in [0.4, 0.5) is 11.4 Å². The molecule has 0 amide bonds. The maximum atomic E-state index is 12.2. The Labute approximate surface area is 120 Å². The fourth-order valence-electron chi connectivity index (χ4n) is 1.58. The van der Waals surface area contributed by atoms with Gasteiger partial charge < -0.3 is 5.73 Å². The van der Waals surface area contributed by atoms with Crippen LogP contribution in [0.5, 0.6) is 0 Å². The van der Waals surface area contributed by atoms with E-state index in [0.717, 1.165) is 5.56 Å². The van der Waals surface area contributed by atoms with Gasteiger partial charge in [0.1, 0.15) is 4.90 Å². The molecule has 0 radical (unpaired) electrons. The number of halogens is 1. The third kappa shape index (κ3) is 3.08. The molecule has 0 fully saturated rings. The summed E-state index contributed by atoms with van der Waals surface area (Å²) < 4.78 is 27.5. The predicted octanol–water partition coefficient (Wildman–Crippen LogP) is 3.14. The molecule has 100 valence electrons. The summed E-state index contributed by atoms with van der Waals surface area (Å²) >= 11 is 3.23.